The molecular formula is C24H26N4O4. The molecular weight excluding hydrogens is 408 g/mol. The summed E-state index contributed by atoms with van der Waals surface area (Å²) in [4.78, 5) is 27.3. The zero-order valence-electron chi connectivity index (χ0n) is 18.2. The number of carboxylic acid groups (broad SMARTS) is 1. The number of alkyl carbamates (subject to hydrolysis) is 1. The number of fused-ring (bicyclic) bond motifs is 1. The van der Waals surface area contributed by atoms with Crippen LogP contribution < -0.4 is 10.6 Å². The summed E-state index contributed by atoms with van der Waals surface area (Å²) in [5, 5.41) is 26.1. The second kappa shape index (κ2) is 9.43. The normalized spacial score (nSPS) is 13.1. The molecule has 1 amide bonds. The maximum Gasteiger partial charge on any atom is 0.407 e. The van der Waals surface area contributed by atoms with Crippen LogP contribution in [-0.4, -0.2) is 39.8 Å². The van der Waals surface area contributed by atoms with E-state index in [0.717, 1.165) is 16.5 Å². The number of aromatic carboxylic acids is 1. The Morgan fingerprint density at radius 3 is 2.53 bits per heavy atom. The molecule has 0 radical (unpaired) electrons. The minimum absolute atomic E-state index is 0.0378. The van der Waals surface area contributed by atoms with Crippen LogP contribution in [0.2, 0.25) is 0 Å². The van der Waals surface area contributed by atoms with Gasteiger partial charge in [0.25, 0.3) is 0 Å². The lowest BCUT2D eigenvalue weighted by Gasteiger charge is -2.27. The maximum atomic E-state index is 12.5. The number of H-pyrrole nitrogens is 1. The number of amides is 1. The van der Waals surface area contributed by atoms with E-state index in [2.05, 4.69) is 21.7 Å². The monoisotopic (exact) mass is 434 g/mol. The molecule has 8 nitrogen and oxygen atoms in total. The van der Waals surface area contributed by atoms with Crippen LogP contribution in [0.25, 0.3) is 10.9 Å². The van der Waals surface area contributed by atoms with Gasteiger partial charge in [-0.15, -0.1) is 0 Å². The van der Waals surface area contributed by atoms with Gasteiger partial charge in [0.2, 0.25) is 0 Å². The Labute approximate surface area is 186 Å². The molecule has 32 heavy (non-hydrogen) atoms. The Balaban J connectivity index is 1.92. The largest absolute Gasteiger partial charge is 0.478 e. The third-order valence-electron chi connectivity index (χ3n) is 4.83. The summed E-state index contributed by atoms with van der Waals surface area (Å²) in [5.41, 5.74) is 1.48. The highest BCUT2D eigenvalue weighted by Gasteiger charge is 2.28. The predicted octanol–water partition coefficient (Wildman–Crippen LogP) is 4.31. The SMILES string of the molecule is CC(C)(C)OC(=O)N[C@@H](Cc1c[nH]c2ccccc12)C(C#N)Nc1ccccc1C(=O)O. The van der Waals surface area contributed by atoms with Gasteiger partial charge in [0.1, 0.15) is 11.6 Å². The standard InChI is InChI=1S/C24H26N4O4/c1-24(2,3)32-23(31)28-20(12-15-14-26-18-10-6-4-8-16(15)18)21(13-25)27-19-11-7-5-9-17(19)22(29)30/h4-11,14,20-21,26-27H,12H2,1-3H3,(H,28,31)(H,29,30)/t20-,21?/m0/s1. The minimum Gasteiger partial charge on any atom is -0.478 e. The first-order valence-corrected chi connectivity index (χ1v) is 10.2. The van der Waals surface area contributed by atoms with Crippen molar-refractivity contribution in [3.05, 3.63) is 65.9 Å². The number of anilines is 1. The van der Waals surface area contributed by atoms with E-state index < -0.39 is 29.7 Å². The quantitative estimate of drug-likeness (QED) is 0.439. The molecule has 1 aromatic heterocycles. The summed E-state index contributed by atoms with van der Waals surface area (Å²) in [6, 6.07) is 14.6. The van der Waals surface area contributed by atoms with Crippen LogP contribution in [-0.2, 0) is 11.2 Å². The lowest BCUT2D eigenvalue weighted by Crippen LogP contribution is -2.49. The van der Waals surface area contributed by atoms with Gasteiger partial charge in [-0.2, -0.15) is 5.26 Å². The zero-order valence-corrected chi connectivity index (χ0v) is 18.2. The van der Waals surface area contributed by atoms with Crippen molar-refractivity contribution in [1.29, 1.82) is 5.26 Å². The number of aromatic nitrogens is 1. The molecule has 0 bridgehead atoms. The highest BCUT2D eigenvalue weighted by molar-refractivity contribution is 5.94. The number of benzene rings is 2. The second-order valence-corrected chi connectivity index (χ2v) is 8.42. The third kappa shape index (κ3) is 5.58. The van der Waals surface area contributed by atoms with Crippen molar-refractivity contribution < 1.29 is 19.4 Å². The molecule has 1 heterocycles. The number of carboxylic acids is 1. The summed E-state index contributed by atoms with van der Waals surface area (Å²) in [6.45, 7) is 5.26. The average molecular weight is 434 g/mol. The van der Waals surface area contributed by atoms with Crippen molar-refractivity contribution in [1.82, 2.24) is 10.3 Å². The van der Waals surface area contributed by atoms with E-state index in [4.69, 9.17) is 4.74 Å². The summed E-state index contributed by atoms with van der Waals surface area (Å²) < 4.78 is 5.39. The van der Waals surface area contributed by atoms with E-state index in [9.17, 15) is 20.0 Å². The molecule has 0 fully saturated rings. The molecule has 0 saturated carbocycles. The maximum absolute atomic E-state index is 12.5. The molecule has 0 spiro atoms. The number of aromatic amines is 1. The number of para-hydroxylation sites is 2. The fourth-order valence-corrected chi connectivity index (χ4v) is 3.43. The molecule has 166 valence electrons. The van der Waals surface area contributed by atoms with Gasteiger partial charge >= 0.3 is 12.1 Å². The number of ether oxygens (including phenoxy) is 1. The number of nitrogens with zero attached hydrogens (tertiary/aromatic N) is 1. The number of rotatable bonds is 7. The van der Waals surface area contributed by atoms with E-state index in [1.165, 1.54) is 6.07 Å². The first-order valence-electron chi connectivity index (χ1n) is 10.2. The van der Waals surface area contributed by atoms with Gasteiger partial charge in [-0.1, -0.05) is 30.3 Å². The van der Waals surface area contributed by atoms with Gasteiger partial charge in [0, 0.05) is 22.8 Å². The number of carbonyl (C=O) groups excluding carboxylic acids is 1. The molecule has 0 aliphatic carbocycles. The summed E-state index contributed by atoms with van der Waals surface area (Å²) in [5.74, 6) is -1.11. The van der Waals surface area contributed by atoms with Gasteiger partial charge in [-0.3, -0.25) is 0 Å². The van der Waals surface area contributed by atoms with Gasteiger partial charge in [-0.25, -0.2) is 9.59 Å². The molecule has 0 aliphatic heterocycles. The van der Waals surface area contributed by atoms with Crippen molar-refractivity contribution in [3.8, 4) is 6.07 Å². The van der Waals surface area contributed by atoms with Gasteiger partial charge < -0.3 is 25.5 Å². The van der Waals surface area contributed by atoms with Crippen LogP contribution >= 0.6 is 0 Å². The van der Waals surface area contributed by atoms with Crippen LogP contribution in [0.4, 0.5) is 10.5 Å². The molecule has 2 atom stereocenters. The highest BCUT2D eigenvalue weighted by Crippen LogP contribution is 2.22. The fourth-order valence-electron chi connectivity index (χ4n) is 3.43. The van der Waals surface area contributed by atoms with Crippen LogP contribution in [0.15, 0.2) is 54.7 Å². The lowest BCUT2D eigenvalue weighted by molar-refractivity contribution is 0.0501. The Bertz CT molecular complexity index is 1160. The van der Waals surface area contributed by atoms with Crippen molar-refractivity contribution >= 4 is 28.7 Å². The molecule has 3 rings (SSSR count). The van der Waals surface area contributed by atoms with Crippen molar-refractivity contribution in [2.24, 2.45) is 0 Å². The van der Waals surface area contributed by atoms with Crippen molar-refractivity contribution in [2.45, 2.75) is 44.9 Å². The fraction of sp³-hybridized carbons (Fsp3) is 0.292. The first-order chi connectivity index (χ1) is 15.2. The lowest BCUT2D eigenvalue weighted by atomic mass is 9.99. The van der Waals surface area contributed by atoms with E-state index >= 15 is 0 Å². The van der Waals surface area contributed by atoms with E-state index in [1.807, 2.05) is 30.5 Å². The van der Waals surface area contributed by atoms with E-state index in [0.29, 0.717) is 12.1 Å². The summed E-state index contributed by atoms with van der Waals surface area (Å²) in [7, 11) is 0. The van der Waals surface area contributed by atoms with Crippen molar-refractivity contribution in [2.75, 3.05) is 5.32 Å². The topological polar surface area (TPSA) is 127 Å². The number of hydrogen-bond donors (Lipinski definition) is 4. The minimum atomic E-state index is -1.11. The molecule has 8 heteroatoms. The zero-order chi connectivity index (χ0) is 23.3. The predicted molar refractivity (Wildman–Crippen MR) is 122 cm³/mol. The van der Waals surface area contributed by atoms with Crippen molar-refractivity contribution in [3.63, 3.8) is 0 Å². The van der Waals surface area contributed by atoms with Crippen LogP contribution in [0.1, 0.15) is 36.7 Å². The Morgan fingerprint density at radius 1 is 1.16 bits per heavy atom. The highest BCUT2D eigenvalue weighted by atomic mass is 16.6. The number of carbonyl (C=O) groups is 2. The molecule has 4 N–H and O–H groups in total. The first kappa shape index (κ1) is 22.7. The molecule has 0 aliphatic rings. The third-order valence-corrected chi connectivity index (χ3v) is 4.83. The number of nitrogens with one attached hydrogen (secondary N) is 3. The number of hydrogen-bond acceptors (Lipinski definition) is 5. The van der Waals surface area contributed by atoms with Crippen LogP contribution in [0.3, 0.4) is 0 Å². The summed E-state index contributed by atoms with van der Waals surface area (Å²) in [6.07, 6.45) is 1.51. The van der Waals surface area contributed by atoms with Gasteiger partial charge in [0.15, 0.2) is 0 Å². The molecule has 0 saturated heterocycles. The van der Waals surface area contributed by atoms with E-state index in [1.54, 1.807) is 39.0 Å². The average Bonchev–Trinajstić information content (AvgIpc) is 3.13. The van der Waals surface area contributed by atoms with Crippen LogP contribution in [0, 0.1) is 11.3 Å². The summed E-state index contributed by atoms with van der Waals surface area (Å²) >= 11 is 0. The van der Waals surface area contributed by atoms with E-state index in [-0.39, 0.29) is 5.56 Å². The smallest absolute Gasteiger partial charge is 0.407 e. The Kier molecular flexibility index (Phi) is 6.69. The van der Waals surface area contributed by atoms with Gasteiger partial charge in [0.05, 0.1) is 17.7 Å². The van der Waals surface area contributed by atoms with Crippen LogP contribution in [0.5, 0.6) is 0 Å². The Hall–Kier alpha value is -3.99. The molecule has 1 unspecified atom stereocenters. The number of nitriles is 1. The molecule has 2 aromatic carbocycles. The Morgan fingerprint density at radius 2 is 1.84 bits per heavy atom. The van der Waals surface area contributed by atoms with Gasteiger partial charge in [-0.05, 0) is 51.0 Å². The second-order valence-electron chi connectivity index (χ2n) is 8.42. The molecule has 3 aromatic rings.